The first-order valence-corrected chi connectivity index (χ1v) is 6.68. The van der Waals surface area contributed by atoms with E-state index in [9.17, 15) is 4.79 Å². The summed E-state index contributed by atoms with van der Waals surface area (Å²) in [6, 6.07) is 5.66. The molecule has 20 heavy (non-hydrogen) atoms. The fourth-order valence-corrected chi connectivity index (χ4v) is 2.32. The van der Waals surface area contributed by atoms with Crippen LogP contribution in [-0.2, 0) is 4.79 Å². The number of amides is 1. The van der Waals surface area contributed by atoms with Crippen molar-refractivity contribution in [2.24, 2.45) is 5.92 Å². The summed E-state index contributed by atoms with van der Waals surface area (Å²) >= 11 is 0. The summed E-state index contributed by atoms with van der Waals surface area (Å²) in [6.07, 6.45) is 3.96. The van der Waals surface area contributed by atoms with Gasteiger partial charge in [0.25, 0.3) is 0 Å². The molecular weight excluding hydrogens is 297 g/mol. The molecule has 2 N–H and O–H groups in total. The van der Waals surface area contributed by atoms with E-state index in [-0.39, 0.29) is 30.7 Å². The molecule has 1 aliphatic heterocycles. The van der Waals surface area contributed by atoms with Gasteiger partial charge in [-0.3, -0.25) is 4.79 Å². The zero-order valence-corrected chi connectivity index (χ0v) is 13.4. The molecule has 0 unspecified atom stereocenters. The second-order valence-corrected chi connectivity index (χ2v) is 4.94. The van der Waals surface area contributed by atoms with Crippen LogP contribution in [0.15, 0.2) is 18.2 Å². The second kappa shape index (κ2) is 9.97. The summed E-state index contributed by atoms with van der Waals surface area (Å²) < 4.78 is 0. The van der Waals surface area contributed by atoms with Crippen molar-refractivity contribution in [3.8, 4) is 0 Å². The Balaban J connectivity index is 0.00000180. The fourth-order valence-electron chi connectivity index (χ4n) is 2.32. The van der Waals surface area contributed by atoms with Crippen LogP contribution in [0.5, 0.6) is 0 Å². The van der Waals surface area contributed by atoms with Gasteiger partial charge in [-0.05, 0) is 57.3 Å². The van der Waals surface area contributed by atoms with Crippen LogP contribution in [0.2, 0.25) is 0 Å². The number of halogens is 2. The van der Waals surface area contributed by atoms with Gasteiger partial charge in [-0.1, -0.05) is 6.07 Å². The smallest absolute Gasteiger partial charge is 0.225 e. The van der Waals surface area contributed by atoms with Crippen molar-refractivity contribution in [2.75, 3.05) is 18.4 Å². The van der Waals surface area contributed by atoms with Crippen molar-refractivity contribution < 1.29 is 4.79 Å². The van der Waals surface area contributed by atoms with Crippen LogP contribution in [0.25, 0.3) is 0 Å². The van der Waals surface area contributed by atoms with Crippen molar-refractivity contribution in [1.29, 1.82) is 0 Å². The Morgan fingerprint density at radius 1 is 1.35 bits per heavy atom. The minimum Gasteiger partial charge on any atom is -0.317 e. The Hall–Kier alpha value is -0.840. The SMILES string of the molecule is Cc1cccc(NC(=O)CCC2CCNCC2)n1.Cl.Cl. The standard InChI is InChI=1S/C14H21N3O.2ClH/c1-11-3-2-4-13(16-11)17-14(18)6-5-12-7-9-15-10-8-12;;/h2-4,12,15H,5-10H2,1H3,(H,16,17,18);2*1H. The zero-order valence-electron chi connectivity index (χ0n) is 11.7. The van der Waals surface area contributed by atoms with E-state index < -0.39 is 0 Å². The average Bonchev–Trinajstić information content (AvgIpc) is 2.38. The predicted molar refractivity (Wildman–Crippen MR) is 86.9 cm³/mol. The summed E-state index contributed by atoms with van der Waals surface area (Å²) in [6.45, 7) is 4.10. The Bertz CT molecular complexity index is 409. The normalized spacial score (nSPS) is 14.8. The highest BCUT2D eigenvalue weighted by atomic mass is 35.5. The molecule has 0 aromatic carbocycles. The van der Waals surface area contributed by atoms with Crippen LogP contribution in [0.1, 0.15) is 31.4 Å². The molecule has 0 radical (unpaired) electrons. The third-order valence-corrected chi connectivity index (χ3v) is 3.39. The molecule has 1 fully saturated rings. The highest BCUT2D eigenvalue weighted by molar-refractivity contribution is 5.89. The number of anilines is 1. The van der Waals surface area contributed by atoms with Gasteiger partial charge >= 0.3 is 0 Å². The van der Waals surface area contributed by atoms with Crippen LogP contribution in [-0.4, -0.2) is 24.0 Å². The molecule has 6 heteroatoms. The van der Waals surface area contributed by atoms with Crippen LogP contribution >= 0.6 is 24.8 Å². The third-order valence-electron chi connectivity index (χ3n) is 3.39. The molecule has 114 valence electrons. The molecule has 1 aliphatic rings. The molecule has 0 bridgehead atoms. The quantitative estimate of drug-likeness (QED) is 0.897. The van der Waals surface area contributed by atoms with Crippen molar-refractivity contribution in [3.05, 3.63) is 23.9 Å². The fraction of sp³-hybridized carbons (Fsp3) is 0.571. The van der Waals surface area contributed by atoms with E-state index in [0.717, 1.165) is 25.2 Å². The van der Waals surface area contributed by atoms with Crippen LogP contribution in [0.3, 0.4) is 0 Å². The molecule has 0 saturated carbocycles. The molecule has 1 aromatic rings. The molecule has 2 rings (SSSR count). The lowest BCUT2D eigenvalue weighted by Gasteiger charge is -2.22. The lowest BCUT2D eigenvalue weighted by Crippen LogP contribution is -2.28. The number of carbonyl (C=O) groups is 1. The van der Waals surface area contributed by atoms with Gasteiger partial charge in [0, 0.05) is 12.1 Å². The maximum absolute atomic E-state index is 11.8. The number of nitrogens with one attached hydrogen (secondary N) is 2. The van der Waals surface area contributed by atoms with Gasteiger partial charge in [0.05, 0.1) is 0 Å². The predicted octanol–water partition coefficient (Wildman–Crippen LogP) is 2.95. The number of rotatable bonds is 4. The largest absolute Gasteiger partial charge is 0.317 e. The van der Waals surface area contributed by atoms with Gasteiger partial charge in [-0.15, -0.1) is 24.8 Å². The number of aryl methyl sites for hydroxylation is 1. The van der Waals surface area contributed by atoms with E-state index in [1.165, 1.54) is 12.8 Å². The van der Waals surface area contributed by atoms with Gasteiger partial charge in [-0.25, -0.2) is 4.98 Å². The maximum atomic E-state index is 11.8. The van der Waals surface area contributed by atoms with E-state index in [4.69, 9.17) is 0 Å². The first-order chi connectivity index (χ1) is 8.74. The minimum absolute atomic E-state index is 0. The summed E-state index contributed by atoms with van der Waals surface area (Å²) in [5, 5.41) is 6.19. The van der Waals surface area contributed by atoms with Crippen LogP contribution in [0, 0.1) is 12.8 Å². The highest BCUT2D eigenvalue weighted by Gasteiger charge is 2.14. The maximum Gasteiger partial charge on any atom is 0.225 e. The number of hydrogen-bond acceptors (Lipinski definition) is 3. The topological polar surface area (TPSA) is 54.0 Å². The van der Waals surface area contributed by atoms with E-state index >= 15 is 0 Å². The number of piperidine rings is 1. The minimum atomic E-state index is 0. The highest BCUT2D eigenvalue weighted by Crippen LogP contribution is 2.18. The number of nitrogens with zero attached hydrogens (tertiary/aromatic N) is 1. The Morgan fingerprint density at radius 3 is 2.70 bits per heavy atom. The second-order valence-electron chi connectivity index (χ2n) is 4.94. The van der Waals surface area contributed by atoms with Crippen molar-refractivity contribution in [1.82, 2.24) is 10.3 Å². The van der Waals surface area contributed by atoms with Gasteiger partial charge in [0.1, 0.15) is 5.82 Å². The third kappa shape index (κ3) is 6.55. The summed E-state index contributed by atoms with van der Waals surface area (Å²) in [7, 11) is 0. The summed E-state index contributed by atoms with van der Waals surface area (Å²) in [4.78, 5) is 16.1. The summed E-state index contributed by atoms with van der Waals surface area (Å²) in [5.41, 5.74) is 0.922. The zero-order chi connectivity index (χ0) is 12.8. The number of pyridine rings is 1. The van der Waals surface area contributed by atoms with E-state index in [1.807, 2.05) is 25.1 Å². The van der Waals surface area contributed by atoms with Crippen molar-refractivity contribution >= 4 is 36.5 Å². The molecule has 1 saturated heterocycles. The number of carbonyl (C=O) groups excluding carboxylic acids is 1. The first kappa shape index (κ1) is 19.2. The molecule has 2 heterocycles. The molecule has 0 aliphatic carbocycles. The molecule has 1 aromatic heterocycles. The van der Waals surface area contributed by atoms with E-state index in [0.29, 0.717) is 18.2 Å². The lowest BCUT2D eigenvalue weighted by molar-refractivity contribution is -0.116. The molecule has 1 amide bonds. The number of hydrogen-bond donors (Lipinski definition) is 2. The van der Waals surface area contributed by atoms with Gasteiger partial charge in [-0.2, -0.15) is 0 Å². The molecule has 0 atom stereocenters. The Morgan fingerprint density at radius 2 is 2.05 bits per heavy atom. The van der Waals surface area contributed by atoms with Gasteiger partial charge in [0.2, 0.25) is 5.91 Å². The van der Waals surface area contributed by atoms with Gasteiger partial charge in [0.15, 0.2) is 0 Å². The van der Waals surface area contributed by atoms with Gasteiger partial charge < -0.3 is 10.6 Å². The monoisotopic (exact) mass is 319 g/mol. The number of aromatic nitrogens is 1. The van der Waals surface area contributed by atoms with Crippen molar-refractivity contribution in [3.63, 3.8) is 0 Å². The Kier molecular flexibility index (Phi) is 9.55. The molecular formula is C14H23Cl2N3O. The van der Waals surface area contributed by atoms with Crippen molar-refractivity contribution in [2.45, 2.75) is 32.6 Å². The summed E-state index contributed by atoms with van der Waals surface area (Å²) in [5.74, 6) is 1.43. The Labute approximate surface area is 132 Å². The van der Waals surface area contributed by atoms with E-state index in [1.54, 1.807) is 0 Å². The average molecular weight is 320 g/mol. The van der Waals surface area contributed by atoms with E-state index in [2.05, 4.69) is 15.6 Å². The van der Waals surface area contributed by atoms with Crippen LogP contribution in [0.4, 0.5) is 5.82 Å². The lowest BCUT2D eigenvalue weighted by atomic mass is 9.93. The first-order valence-electron chi connectivity index (χ1n) is 6.68. The molecule has 4 nitrogen and oxygen atoms in total. The molecule has 0 spiro atoms. The van der Waals surface area contributed by atoms with Crippen LogP contribution < -0.4 is 10.6 Å².